The Morgan fingerprint density at radius 3 is 2.08 bits per heavy atom. The molecule has 0 spiro atoms. The van der Waals surface area contributed by atoms with Gasteiger partial charge in [0.05, 0.1) is 0 Å². The molecule has 0 saturated heterocycles. The van der Waals surface area contributed by atoms with Gasteiger partial charge in [-0.15, -0.1) is 0 Å². The van der Waals surface area contributed by atoms with Crippen molar-refractivity contribution in [3.05, 3.63) is 65.2 Å². The van der Waals surface area contributed by atoms with E-state index in [9.17, 15) is 14.7 Å². The van der Waals surface area contributed by atoms with Crippen LogP contribution in [0.4, 0.5) is 10.5 Å². The van der Waals surface area contributed by atoms with Crippen molar-refractivity contribution in [3.63, 3.8) is 0 Å². The maximum absolute atomic E-state index is 13.2. The summed E-state index contributed by atoms with van der Waals surface area (Å²) < 4.78 is 5.33. The van der Waals surface area contributed by atoms with E-state index in [0.29, 0.717) is 19.6 Å². The SMILES string of the molecule is CCCCCCCN(CCc1ccc(C[C@H](OCC)C(=O)O)cc1)C(=O)Nc1ccc(C(C)(C)C)cc1. The smallest absolute Gasteiger partial charge is 0.333 e. The van der Waals surface area contributed by atoms with Crippen LogP contribution in [-0.2, 0) is 27.8 Å². The van der Waals surface area contributed by atoms with E-state index in [1.165, 1.54) is 24.8 Å². The molecule has 0 heterocycles. The van der Waals surface area contributed by atoms with Crippen LogP contribution in [0, 0.1) is 0 Å². The zero-order chi connectivity index (χ0) is 27.3. The predicted molar refractivity (Wildman–Crippen MR) is 151 cm³/mol. The Labute approximate surface area is 223 Å². The highest BCUT2D eigenvalue weighted by Gasteiger charge is 2.18. The number of carboxylic acid groups (broad SMARTS) is 1. The molecule has 37 heavy (non-hydrogen) atoms. The molecule has 0 aliphatic heterocycles. The summed E-state index contributed by atoms with van der Waals surface area (Å²) in [5.74, 6) is -0.945. The van der Waals surface area contributed by atoms with Crippen molar-refractivity contribution in [2.75, 3.05) is 25.0 Å². The van der Waals surface area contributed by atoms with E-state index in [-0.39, 0.29) is 11.4 Å². The molecule has 0 fully saturated rings. The van der Waals surface area contributed by atoms with Crippen molar-refractivity contribution in [1.82, 2.24) is 4.90 Å². The number of nitrogens with one attached hydrogen (secondary N) is 1. The number of unbranched alkanes of at least 4 members (excludes halogenated alkanes) is 4. The van der Waals surface area contributed by atoms with Gasteiger partial charge in [-0.25, -0.2) is 9.59 Å². The fourth-order valence-electron chi connectivity index (χ4n) is 4.22. The van der Waals surface area contributed by atoms with Gasteiger partial charge in [-0.2, -0.15) is 0 Å². The number of aliphatic carboxylic acids is 1. The van der Waals surface area contributed by atoms with Gasteiger partial charge >= 0.3 is 12.0 Å². The Balaban J connectivity index is 2.00. The first kappa shape index (κ1) is 30.4. The van der Waals surface area contributed by atoms with Crippen LogP contribution in [0.5, 0.6) is 0 Å². The fraction of sp³-hybridized carbons (Fsp3) is 0.548. The summed E-state index contributed by atoms with van der Waals surface area (Å²) in [6, 6.07) is 16.0. The number of carbonyl (C=O) groups excluding carboxylic acids is 1. The fourth-order valence-corrected chi connectivity index (χ4v) is 4.22. The minimum absolute atomic E-state index is 0.0696. The second-order valence-electron chi connectivity index (χ2n) is 10.7. The quantitative estimate of drug-likeness (QED) is 0.251. The average molecular weight is 511 g/mol. The molecular weight excluding hydrogens is 464 g/mol. The lowest BCUT2D eigenvalue weighted by molar-refractivity contribution is -0.149. The number of carbonyl (C=O) groups is 2. The number of nitrogens with zero attached hydrogens (tertiary/aromatic N) is 1. The zero-order valence-corrected chi connectivity index (χ0v) is 23.4. The summed E-state index contributed by atoms with van der Waals surface area (Å²) in [5, 5.41) is 12.4. The number of hydrogen-bond donors (Lipinski definition) is 2. The van der Waals surface area contributed by atoms with Crippen LogP contribution in [0.2, 0.25) is 0 Å². The minimum Gasteiger partial charge on any atom is -0.479 e. The topological polar surface area (TPSA) is 78.9 Å². The van der Waals surface area contributed by atoms with Crippen molar-refractivity contribution in [2.45, 2.75) is 91.1 Å². The predicted octanol–water partition coefficient (Wildman–Crippen LogP) is 7.06. The molecule has 2 aromatic rings. The average Bonchev–Trinajstić information content (AvgIpc) is 2.86. The zero-order valence-electron chi connectivity index (χ0n) is 23.4. The molecular formula is C31H46N2O4. The summed E-state index contributed by atoms with van der Waals surface area (Å²) in [5.41, 5.74) is 4.15. The van der Waals surface area contributed by atoms with Crippen molar-refractivity contribution < 1.29 is 19.4 Å². The van der Waals surface area contributed by atoms with Gasteiger partial charge in [0, 0.05) is 31.8 Å². The first-order chi connectivity index (χ1) is 17.6. The number of carboxylic acids is 1. The van der Waals surface area contributed by atoms with E-state index in [1.807, 2.05) is 41.3 Å². The Morgan fingerprint density at radius 1 is 0.892 bits per heavy atom. The minimum atomic E-state index is -0.945. The normalized spacial score (nSPS) is 12.2. The molecule has 2 N–H and O–H groups in total. The van der Waals surface area contributed by atoms with Crippen molar-refractivity contribution in [1.29, 1.82) is 0 Å². The molecule has 2 rings (SSSR count). The third-order valence-electron chi connectivity index (χ3n) is 6.58. The number of benzene rings is 2. The standard InChI is InChI=1S/C31H46N2O4/c1-6-8-9-10-11-21-33(30(36)32-27-18-16-26(17-19-27)31(3,4)5)22-20-24-12-14-25(15-13-24)23-28(29(34)35)37-7-2/h12-19,28H,6-11,20-23H2,1-5H3,(H,32,36)(H,34,35)/t28-/m0/s1. The lowest BCUT2D eigenvalue weighted by atomic mass is 9.87. The molecule has 0 aromatic heterocycles. The van der Waals surface area contributed by atoms with Gasteiger partial charge in [-0.05, 0) is 54.0 Å². The van der Waals surface area contributed by atoms with Gasteiger partial charge in [0.15, 0.2) is 6.10 Å². The van der Waals surface area contributed by atoms with Crippen molar-refractivity contribution in [3.8, 4) is 0 Å². The maximum Gasteiger partial charge on any atom is 0.333 e. The third kappa shape index (κ3) is 11.0. The van der Waals surface area contributed by atoms with E-state index in [2.05, 4.69) is 45.1 Å². The van der Waals surface area contributed by atoms with E-state index in [1.54, 1.807) is 6.92 Å². The number of anilines is 1. The van der Waals surface area contributed by atoms with Gasteiger partial charge in [0.2, 0.25) is 0 Å². The first-order valence-electron chi connectivity index (χ1n) is 13.7. The molecule has 0 radical (unpaired) electrons. The molecule has 6 nitrogen and oxygen atoms in total. The molecule has 2 amide bonds. The highest BCUT2D eigenvalue weighted by molar-refractivity contribution is 5.89. The summed E-state index contributed by atoms with van der Waals surface area (Å²) in [7, 11) is 0. The Bertz CT molecular complexity index is 949. The van der Waals surface area contributed by atoms with Crippen molar-refractivity contribution in [2.24, 2.45) is 0 Å². The van der Waals surface area contributed by atoms with Gasteiger partial charge in [0.25, 0.3) is 0 Å². The van der Waals surface area contributed by atoms with Gasteiger partial charge in [-0.1, -0.05) is 89.8 Å². The Morgan fingerprint density at radius 2 is 1.51 bits per heavy atom. The maximum atomic E-state index is 13.2. The molecule has 0 bridgehead atoms. The monoisotopic (exact) mass is 510 g/mol. The summed E-state index contributed by atoms with van der Waals surface area (Å²) >= 11 is 0. The number of rotatable bonds is 15. The highest BCUT2D eigenvalue weighted by atomic mass is 16.5. The van der Waals surface area contributed by atoms with E-state index < -0.39 is 12.1 Å². The van der Waals surface area contributed by atoms with E-state index in [0.717, 1.165) is 42.6 Å². The lowest BCUT2D eigenvalue weighted by Gasteiger charge is -2.24. The van der Waals surface area contributed by atoms with Gasteiger partial charge < -0.3 is 20.1 Å². The lowest BCUT2D eigenvalue weighted by Crippen LogP contribution is -2.37. The van der Waals surface area contributed by atoms with E-state index in [4.69, 9.17) is 4.74 Å². The largest absolute Gasteiger partial charge is 0.479 e. The second kappa shape index (κ2) is 15.4. The number of ether oxygens (including phenoxy) is 1. The van der Waals surface area contributed by atoms with Gasteiger partial charge in [-0.3, -0.25) is 0 Å². The van der Waals surface area contributed by atoms with Crippen LogP contribution in [0.15, 0.2) is 48.5 Å². The van der Waals surface area contributed by atoms with Crippen LogP contribution in [0.1, 0.15) is 83.4 Å². The molecule has 1 atom stereocenters. The van der Waals surface area contributed by atoms with Crippen LogP contribution >= 0.6 is 0 Å². The molecule has 0 aliphatic rings. The molecule has 6 heteroatoms. The molecule has 204 valence electrons. The van der Waals surface area contributed by atoms with Crippen LogP contribution < -0.4 is 5.32 Å². The molecule has 0 aliphatic carbocycles. The van der Waals surface area contributed by atoms with Crippen molar-refractivity contribution >= 4 is 17.7 Å². The molecule has 0 saturated carbocycles. The summed E-state index contributed by atoms with van der Waals surface area (Å²) in [6.45, 7) is 12.2. The Hall–Kier alpha value is -2.86. The number of hydrogen-bond acceptors (Lipinski definition) is 3. The molecule has 0 unspecified atom stereocenters. The summed E-state index contributed by atoms with van der Waals surface area (Å²) in [4.78, 5) is 26.5. The van der Waals surface area contributed by atoms with Crippen LogP contribution in [0.3, 0.4) is 0 Å². The number of amides is 2. The highest BCUT2D eigenvalue weighted by Crippen LogP contribution is 2.23. The van der Waals surface area contributed by atoms with E-state index >= 15 is 0 Å². The number of urea groups is 1. The first-order valence-corrected chi connectivity index (χ1v) is 13.7. The second-order valence-corrected chi connectivity index (χ2v) is 10.7. The Kier molecular flexibility index (Phi) is 12.6. The molecule has 2 aromatic carbocycles. The van der Waals surface area contributed by atoms with Crippen LogP contribution in [-0.4, -0.2) is 47.8 Å². The van der Waals surface area contributed by atoms with Gasteiger partial charge in [0.1, 0.15) is 0 Å². The third-order valence-corrected chi connectivity index (χ3v) is 6.58. The summed E-state index contributed by atoms with van der Waals surface area (Å²) in [6.07, 6.45) is 5.97. The van der Waals surface area contributed by atoms with Crippen LogP contribution in [0.25, 0.3) is 0 Å².